The van der Waals surface area contributed by atoms with Crippen LogP contribution in [0.3, 0.4) is 0 Å². The molecule has 4 aliphatic rings. The highest BCUT2D eigenvalue weighted by molar-refractivity contribution is 5.70. The van der Waals surface area contributed by atoms with E-state index in [1.807, 2.05) is 0 Å². The Morgan fingerprint density at radius 3 is 1.83 bits per heavy atom. The van der Waals surface area contributed by atoms with Crippen LogP contribution in [-0.2, 0) is 23.8 Å². The lowest BCUT2D eigenvalue weighted by atomic mass is 9.35. The van der Waals surface area contributed by atoms with E-state index in [1.54, 1.807) is 7.11 Å². The molecule has 4 saturated carbocycles. The Morgan fingerprint density at radius 1 is 0.679 bits per heavy atom. The Hall–Kier alpha value is -1.14. The first-order valence-corrected chi connectivity index (χ1v) is 22.5. The molecule has 0 radical (unpaired) electrons. The third-order valence-corrected chi connectivity index (χ3v) is 16.6. The smallest absolute Gasteiger partial charge is 0.306 e. The molecule has 0 saturated heterocycles. The number of aliphatic hydroxyl groups is 1. The molecule has 53 heavy (non-hydrogen) atoms. The first-order valence-electron chi connectivity index (χ1n) is 22.5. The number of ether oxygens (including phenoxy) is 3. The number of rotatable bonds is 20. The molecule has 0 unspecified atom stereocenters. The molecule has 0 aromatic carbocycles. The maximum atomic E-state index is 13.7. The molecule has 6 nitrogen and oxygen atoms in total. The Bertz CT molecular complexity index is 1190. The Balaban J connectivity index is 1.59. The Morgan fingerprint density at radius 2 is 1.25 bits per heavy atom. The Kier molecular flexibility index (Phi) is 15.1. The molecule has 0 aromatic rings. The fraction of sp³-hybridized carbons (Fsp3) is 0.957. The number of unbranched alkanes of at least 4 members (excludes halogenated alkanes) is 8. The maximum absolute atomic E-state index is 13.7. The molecule has 1 N–H and O–H groups in total. The minimum absolute atomic E-state index is 0.0200. The number of esters is 2. The summed E-state index contributed by atoms with van der Waals surface area (Å²) in [7, 11) is 1.77. The van der Waals surface area contributed by atoms with Gasteiger partial charge in [0.1, 0.15) is 12.2 Å². The number of carbonyl (C=O) groups excluding carboxylic acids is 2. The summed E-state index contributed by atoms with van der Waals surface area (Å²) in [6.45, 7) is 23.1. The molecule has 4 aliphatic carbocycles. The van der Waals surface area contributed by atoms with E-state index in [4.69, 9.17) is 14.2 Å². The number of methoxy groups -OCH3 is 1. The normalized spacial score (nSPS) is 36.2. The van der Waals surface area contributed by atoms with Gasteiger partial charge in [0.25, 0.3) is 0 Å². The Labute approximate surface area is 326 Å². The van der Waals surface area contributed by atoms with E-state index in [0.29, 0.717) is 24.7 Å². The van der Waals surface area contributed by atoms with Crippen molar-refractivity contribution in [1.29, 1.82) is 0 Å². The molecule has 4 fully saturated rings. The van der Waals surface area contributed by atoms with E-state index >= 15 is 0 Å². The number of hydrogen-bond acceptors (Lipinski definition) is 6. The van der Waals surface area contributed by atoms with Gasteiger partial charge in [-0.25, -0.2) is 0 Å². The third kappa shape index (κ3) is 9.53. The van der Waals surface area contributed by atoms with Gasteiger partial charge in [-0.1, -0.05) is 99.8 Å². The number of fused-ring (bicyclic) bond motifs is 5. The predicted molar refractivity (Wildman–Crippen MR) is 216 cm³/mol. The van der Waals surface area contributed by atoms with Crippen LogP contribution in [0, 0.1) is 45.3 Å². The monoisotopic (exact) mass is 745 g/mol. The summed E-state index contributed by atoms with van der Waals surface area (Å²) in [5, 5.41) is 12.4. The van der Waals surface area contributed by atoms with Gasteiger partial charge in [0.15, 0.2) is 0 Å². The van der Waals surface area contributed by atoms with Crippen molar-refractivity contribution >= 4 is 11.9 Å². The van der Waals surface area contributed by atoms with Gasteiger partial charge in [-0.15, -0.1) is 0 Å². The van der Waals surface area contributed by atoms with Gasteiger partial charge in [-0.05, 0) is 132 Å². The zero-order chi connectivity index (χ0) is 39.3. The minimum Gasteiger partial charge on any atom is -0.462 e. The highest BCUT2D eigenvalue weighted by atomic mass is 16.5. The fourth-order valence-electron chi connectivity index (χ4n) is 13.1. The zero-order valence-electron chi connectivity index (χ0n) is 36.5. The van der Waals surface area contributed by atoms with Gasteiger partial charge in [0, 0.05) is 31.3 Å². The van der Waals surface area contributed by atoms with E-state index in [9.17, 15) is 14.7 Å². The van der Waals surface area contributed by atoms with Crippen LogP contribution >= 0.6 is 0 Å². The van der Waals surface area contributed by atoms with Crippen molar-refractivity contribution in [2.75, 3.05) is 7.11 Å². The van der Waals surface area contributed by atoms with E-state index < -0.39 is 5.60 Å². The van der Waals surface area contributed by atoms with Crippen LogP contribution in [0.5, 0.6) is 0 Å². The summed E-state index contributed by atoms with van der Waals surface area (Å²) < 4.78 is 18.8. The van der Waals surface area contributed by atoms with Gasteiger partial charge in [0.05, 0.1) is 11.2 Å². The van der Waals surface area contributed by atoms with Crippen LogP contribution < -0.4 is 0 Å². The SMILES string of the molecule is CCCCCCCC(=O)O[C@H]1CC[C@]2(C)[C@H]3C[C@@H](OC(=O)CCCCCCC)[C@@H]4[C@@H]([C@](C)(O)CCCC(C)(C)OC)CC[C@@]4(C)[C@]3(C)CC[C@H]2C1(C)C. The average Bonchev–Trinajstić information content (AvgIpc) is 3.47. The minimum atomic E-state index is -0.846. The van der Waals surface area contributed by atoms with Crippen LogP contribution in [0.15, 0.2) is 0 Å². The molecular formula is C47H84O6. The lowest BCUT2D eigenvalue weighted by molar-refractivity contribution is -0.253. The maximum Gasteiger partial charge on any atom is 0.306 e. The fourth-order valence-corrected chi connectivity index (χ4v) is 13.1. The molecule has 0 bridgehead atoms. The molecule has 0 amide bonds. The molecule has 0 spiro atoms. The van der Waals surface area contributed by atoms with Crippen LogP contribution in [-0.4, -0.2) is 47.6 Å². The lowest BCUT2D eigenvalue weighted by Crippen LogP contribution is -2.67. The number of hydrogen-bond donors (Lipinski definition) is 1. The molecule has 308 valence electrons. The standard InChI is InChI=1S/C47H84O6/c1-12-14-16-18-20-23-39(48)52-35-33-37-44(7)30-27-38(53-40(49)24-21-19-17-15-13-2)43(5,6)36(44)26-32-45(37,8)46(9)31-25-34(41(35)46)47(10,50)29-22-28-42(3,4)51-11/h34-38,41,50H,12-33H2,1-11H3/t34-,35+,36-,37+,38-,41-,44-,45+,46+,47+/m0/s1. The van der Waals surface area contributed by atoms with Crippen LogP contribution in [0.25, 0.3) is 0 Å². The van der Waals surface area contributed by atoms with E-state index in [-0.39, 0.29) is 63.2 Å². The predicted octanol–water partition coefficient (Wildman–Crippen LogP) is 12.2. The topological polar surface area (TPSA) is 82.1 Å². The summed E-state index contributed by atoms with van der Waals surface area (Å²) in [5.74, 6) is 0.946. The van der Waals surface area contributed by atoms with Gasteiger partial charge in [-0.2, -0.15) is 0 Å². The first kappa shape index (κ1) is 44.6. The second kappa shape index (κ2) is 18.0. The molecule has 10 atom stereocenters. The zero-order valence-corrected chi connectivity index (χ0v) is 36.5. The van der Waals surface area contributed by atoms with Crippen molar-refractivity contribution in [2.45, 2.75) is 234 Å². The quantitative estimate of drug-likeness (QED) is 0.0987. The van der Waals surface area contributed by atoms with Crippen molar-refractivity contribution in [3.05, 3.63) is 0 Å². The van der Waals surface area contributed by atoms with Gasteiger partial charge >= 0.3 is 11.9 Å². The molecule has 0 aliphatic heterocycles. The van der Waals surface area contributed by atoms with Crippen molar-refractivity contribution in [3.8, 4) is 0 Å². The number of carbonyl (C=O) groups is 2. The second-order valence-electron chi connectivity index (χ2n) is 20.8. The van der Waals surface area contributed by atoms with Gasteiger partial charge in [0.2, 0.25) is 0 Å². The largest absolute Gasteiger partial charge is 0.462 e. The van der Waals surface area contributed by atoms with Crippen molar-refractivity contribution in [1.82, 2.24) is 0 Å². The second-order valence-corrected chi connectivity index (χ2v) is 20.8. The molecular weight excluding hydrogens is 661 g/mol. The first-order chi connectivity index (χ1) is 24.8. The summed E-state index contributed by atoms with van der Waals surface area (Å²) >= 11 is 0. The van der Waals surface area contributed by atoms with Crippen LogP contribution in [0.1, 0.15) is 210 Å². The van der Waals surface area contributed by atoms with Crippen molar-refractivity contribution in [3.63, 3.8) is 0 Å². The molecule has 0 heterocycles. The highest BCUT2D eigenvalue weighted by Gasteiger charge is 2.72. The summed E-state index contributed by atoms with van der Waals surface area (Å²) in [4.78, 5) is 26.9. The average molecular weight is 745 g/mol. The van der Waals surface area contributed by atoms with E-state index in [1.165, 1.54) is 38.5 Å². The van der Waals surface area contributed by atoms with E-state index in [0.717, 1.165) is 89.9 Å². The molecule has 6 heteroatoms. The van der Waals surface area contributed by atoms with Crippen LogP contribution in [0.2, 0.25) is 0 Å². The van der Waals surface area contributed by atoms with Crippen molar-refractivity contribution in [2.24, 2.45) is 45.3 Å². The summed E-state index contributed by atoms with van der Waals surface area (Å²) in [6.07, 6.45) is 21.5. The van der Waals surface area contributed by atoms with Gasteiger partial charge < -0.3 is 19.3 Å². The third-order valence-electron chi connectivity index (χ3n) is 16.6. The summed E-state index contributed by atoms with van der Waals surface area (Å²) in [6, 6.07) is 0. The van der Waals surface area contributed by atoms with Crippen molar-refractivity contribution < 1.29 is 28.9 Å². The highest BCUT2D eigenvalue weighted by Crippen LogP contribution is 2.76. The lowest BCUT2D eigenvalue weighted by Gasteiger charge is -2.70. The molecule has 4 rings (SSSR count). The summed E-state index contributed by atoms with van der Waals surface area (Å²) in [5.41, 5.74) is -1.14. The molecule has 0 aromatic heterocycles. The van der Waals surface area contributed by atoms with Gasteiger partial charge in [-0.3, -0.25) is 9.59 Å². The van der Waals surface area contributed by atoms with Crippen LogP contribution in [0.4, 0.5) is 0 Å². The van der Waals surface area contributed by atoms with E-state index in [2.05, 4.69) is 69.2 Å².